The number of hydrogen-bond acceptors (Lipinski definition) is 5. The van der Waals surface area contributed by atoms with Crippen LogP contribution in [0.3, 0.4) is 0 Å². The molecule has 3 aromatic rings. The smallest absolute Gasteiger partial charge is 0.308 e. The van der Waals surface area contributed by atoms with Crippen LogP contribution >= 0.6 is 0 Å². The van der Waals surface area contributed by atoms with Gasteiger partial charge in [0.05, 0.1) is 18.6 Å². The lowest BCUT2D eigenvalue weighted by Gasteiger charge is -2.21. The van der Waals surface area contributed by atoms with E-state index in [9.17, 15) is 14.4 Å². The average Bonchev–Trinajstić information content (AvgIpc) is 3.21. The molecule has 0 aliphatic rings. The van der Waals surface area contributed by atoms with Crippen LogP contribution in [0, 0.1) is 5.92 Å². The van der Waals surface area contributed by atoms with E-state index in [4.69, 9.17) is 9.26 Å². The second kappa shape index (κ2) is 10.4. The Hall–Kier alpha value is -3.61. The molecule has 0 fully saturated rings. The van der Waals surface area contributed by atoms with E-state index in [1.54, 1.807) is 13.8 Å². The molecule has 1 aromatic heterocycles. The molecule has 0 radical (unpaired) electrons. The third-order valence-corrected chi connectivity index (χ3v) is 4.95. The van der Waals surface area contributed by atoms with Gasteiger partial charge in [-0.05, 0) is 36.5 Å². The number of benzene rings is 2. The molecule has 0 saturated heterocycles. The van der Waals surface area contributed by atoms with E-state index in [2.05, 4.69) is 10.5 Å². The highest BCUT2D eigenvalue weighted by Gasteiger charge is 2.23. The van der Waals surface area contributed by atoms with Gasteiger partial charge in [0.15, 0.2) is 0 Å². The van der Waals surface area contributed by atoms with Crippen molar-refractivity contribution in [2.75, 3.05) is 6.61 Å². The van der Waals surface area contributed by atoms with Crippen molar-refractivity contribution < 1.29 is 18.8 Å². The fraction of sp³-hybridized carbons (Fsp3) is 0.292. The molecule has 7 nitrogen and oxygen atoms in total. The van der Waals surface area contributed by atoms with Gasteiger partial charge in [-0.25, -0.2) is 0 Å². The SMILES string of the molecule is CCOC(=O)[C@H](C)C[C@@H](Cc1ccc(-c2ccccc2)cc1)NC(=O)c1cc(=O)[nH]o1. The van der Waals surface area contributed by atoms with E-state index in [1.165, 1.54) is 0 Å². The van der Waals surface area contributed by atoms with Gasteiger partial charge in [-0.3, -0.25) is 14.4 Å². The predicted octanol–water partition coefficient (Wildman–Crippen LogP) is 3.57. The third-order valence-electron chi connectivity index (χ3n) is 4.95. The first-order chi connectivity index (χ1) is 15.0. The Bertz CT molecular complexity index is 1050. The summed E-state index contributed by atoms with van der Waals surface area (Å²) in [7, 11) is 0. The number of hydrogen-bond donors (Lipinski definition) is 2. The molecule has 0 aliphatic heterocycles. The lowest BCUT2D eigenvalue weighted by atomic mass is 9.95. The van der Waals surface area contributed by atoms with Gasteiger partial charge < -0.3 is 14.6 Å². The van der Waals surface area contributed by atoms with Crippen molar-refractivity contribution in [1.82, 2.24) is 10.5 Å². The standard InChI is InChI=1S/C24H26N2O5/c1-3-30-24(29)16(2)13-20(25-23(28)21-15-22(27)26-31-21)14-17-9-11-19(12-10-17)18-7-5-4-6-8-18/h4-12,15-16,20H,3,13-14H2,1-2H3,(H,25,28)(H,26,27)/t16-,20+/m1/s1. The van der Waals surface area contributed by atoms with Crippen molar-refractivity contribution in [3.05, 3.63) is 82.3 Å². The van der Waals surface area contributed by atoms with Crippen LogP contribution in [0.5, 0.6) is 0 Å². The summed E-state index contributed by atoms with van der Waals surface area (Å²) in [6.07, 6.45) is 0.902. The lowest BCUT2D eigenvalue weighted by molar-refractivity contribution is -0.147. The molecule has 2 N–H and O–H groups in total. The Morgan fingerprint density at radius 2 is 1.74 bits per heavy atom. The van der Waals surface area contributed by atoms with Gasteiger partial charge in [0.1, 0.15) is 0 Å². The molecule has 162 valence electrons. The van der Waals surface area contributed by atoms with E-state index in [0.29, 0.717) is 19.4 Å². The molecule has 0 bridgehead atoms. The van der Waals surface area contributed by atoms with Crippen molar-refractivity contribution in [3.63, 3.8) is 0 Å². The number of nitrogens with one attached hydrogen (secondary N) is 2. The number of aromatic amines is 1. The first kappa shape index (κ1) is 22.1. The van der Waals surface area contributed by atoms with Crippen LogP contribution in [0.1, 0.15) is 36.4 Å². The largest absolute Gasteiger partial charge is 0.466 e. The summed E-state index contributed by atoms with van der Waals surface area (Å²) in [5, 5.41) is 4.97. The number of H-pyrrole nitrogens is 1. The highest BCUT2D eigenvalue weighted by molar-refractivity contribution is 5.91. The molecule has 0 spiro atoms. The molecule has 0 unspecified atom stereocenters. The molecule has 0 aliphatic carbocycles. The molecule has 31 heavy (non-hydrogen) atoms. The second-order valence-electron chi connectivity index (χ2n) is 7.40. The van der Waals surface area contributed by atoms with Crippen LogP contribution in [0.15, 0.2) is 70.0 Å². The van der Waals surface area contributed by atoms with E-state index in [1.807, 2.05) is 54.6 Å². The highest BCUT2D eigenvalue weighted by Crippen LogP contribution is 2.21. The number of esters is 1. The molecule has 1 amide bonds. The molecule has 0 saturated carbocycles. The fourth-order valence-electron chi connectivity index (χ4n) is 3.40. The van der Waals surface area contributed by atoms with Crippen LogP contribution in [0.25, 0.3) is 11.1 Å². The number of aromatic nitrogens is 1. The Morgan fingerprint density at radius 1 is 1.06 bits per heavy atom. The first-order valence-electron chi connectivity index (χ1n) is 10.3. The van der Waals surface area contributed by atoms with Gasteiger partial charge in [0.25, 0.3) is 11.5 Å². The first-order valence-corrected chi connectivity index (χ1v) is 10.3. The quantitative estimate of drug-likeness (QED) is 0.514. The lowest BCUT2D eigenvalue weighted by Crippen LogP contribution is -2.38. The summed E-state index contributed by atoms with van der Waals surface area (Å²) in [5.41, 5.74) is 2.74. The molecular formula is C24H26N2O5. The van der Waals surface area contributed by atoms with E-state index in [-0.39, 0.29) is 17.8 Å². The van der Waals surface area contributed by atoms with Gasteiger partial charge in [0.2, 0.25) is 5.76 Å². The van der Waals surface area contributed by atoms with Crippen LogP contribution in [-0.2, 0) is 16.0 Å². The van der Waals surface area contributed by atoms with Crippen LogP contribution in [0.4, 0.5) is 0 Å². The van der Waals surface area contributed by atoms with Crippen LogP contribution < -0.4 is 10.9 Å². The molecular weight excluding hydrogens is 396 g/mol. The number of rotatable bonds is 9. The summed E-state index contributed by atoms with van der Waals surface area (Å²) < 4.78 is 9.99. The molecule has 2 atom stereocenters. The summed E-state index contributed by atoms with van der Waals surface area (Å²) in [6, 6.07) is 18.9. The molecule has 7 heteroatoms. The van der Waals surface area contributed by atoms with Crippen LogP contribution in [-0.4, -0.2) is 29.7 Å². The van der Waals surface area contributed by atoms with Crippen molar-refractivity contribution in [2.45, 2.75) is 32.7 Å². The van der Waals surface area contributed by atoms with Gasteiger partial charge in [0, 0.05) is 6.04 Å². The van der Waals surface area contributed by atoms with Gasteiger partial charge >= 0.3 is 5.97 Å². The average molecular weight is 422 g/mol. The highest BCUT2D eigenvalue weighted by atomic mass is 16.5. The minimum atomic E-state index is -0.514. The maximum absolute atomic E-state index is 12.5. The molecule has 2 aromatic carbocycles. The van der Waals surface area contributed by atoms with Crippen molar-refractivity contribution >= 4 is 11.9 Å². The summed E-state index contributed by atoms with van der Waals surface area (Å²) in [4.78, 5) is 35.9. The Balaban J connectivity index is 1.74. The Kier molecular flexibility index (Phi) is 7.43. The topological polar surface area (TPSA) is 101 Å². The fourth-order valence-corrected chi connectivity index (χ4v) is 3.40. The number of amides is 1. The van der Waals surface area contributed by atoms with Crippen molar-refractivity contribution in [1.29, 1.82) is 0 Å². The minimum Gasteiger partial charge on any atom is -0.466 e. The zero-order chi connectivity index (χ0) is 22.2. The third kappa shape index (κ3) is 6.18. The van der Waals surface area contributed by atoms with Gasteiger partial charge in [-0.15, -0.1) is 0 Å². The maximum atomic E-state index is 12.5. The summed E-state index contributed by atoms with van der Waals surface area (Å²) in [6.45, 7) is 3.83. The normalized spacial score (nSPS) is 12.7. The summed E-state index contributed by atoms with van der Waals surface area (Å²) >= 11 is 0. The number of ether oxygens (including phenoxy) is 1. The Labute approximate surface area is 180 Å². The number of carbonyl (C=O) groups is 2. The number of carbonyl (C=O) groups excluding carboxylic acids is 2. The van der Waals surface area contributed by atoms with E-state index in [0.717, 1.165) is 22.8 Å². The zero-order valence-corrected chi connectivity index (χ0v) is 17.6. The minimum absolute atomic E-state index is 0.0989. The second-order valence-corrected chi connectivity index (χ2v) is 7.40. The predicted molar refractivity (Wildman–Crippen MR) is 117 cm³/mol. The van der Waals surface area contributed by atoms with Crippen molar-refractivity contribution in [2.24, 2.45) is 5.92 Å². The van der Waals surface area contributed by atoms with Gasteiger partial charge in [-0.2, -0.15) is 5.16 Å². The van der Waals surface area contributed by atoms with E-state index < -0.39 is 17.4 Å². The zero-order valence-electron chi connectivity index (χ0n) is 17.6. The van der Waals surface area contributed by atoms with Crippen molar-refractivity contribution in [3.8, 4) is 11.1 Å². The molecule has 3 rings (SSSR count). The van der Waals surface area contributed by atoms with Gasteiger partial charge in [-0.1, -0.05) is 61.5 Å². The monoisotopic (exact) mass is 422 g/mol. The maximum Gasteiger partial charge on any atom is 0.308 e. The molecule has 1 heterocycles. The van der Waals surface area contributed by atoms with E-state index >= 15 is 0 Å². The summed E-state index contributed by atoms with van der Waals surface area (Å²) in [5.74, 6) is -1.32. The van der Waals surface area contributed by atoms with Crippen LogP contribution in [0.2, 0.25) is 0 Å². The Morgan fingerprint density at radius 3 is 2.35 bits per heavy atom.